The highest BCUT2D eigenvalue weighted by atomic mass is 79.9. The Bertz CT molecular complexity index is 502. The van der Waals surface area contributed by atoms with Crippen LogP contribution in [-0.2, 0) is 0 Å². The summed E-state index contributed by atoms with van der Waals surface area (Å²) in [5.74, 6) is 0.486. The van der Waals surface area contributed by atoms with Crippen molar-refractivity contribution in [2.75, 3.05) is 5.75 Å². The van der Waals surface area contributed by atoms with Crippen LogP contribution in [0.1, 0.15) is 10.4 Å². The van der Waals surface area contributed by atoms with Crippen LogP contribution in [-0.4, -0.2) is 21.5 Å². The van der Waals surface area contributed by atoms with Crippen LogP contribution in [0.4, 0.5) is 0 Å². The maximum absolute atomic E-state index is 11.8. The Morgan fingerprint density at radius 2 is 2.00 bits per heavy atom. The van der Waals surface area contributed by atoms with Gasteiger partial charge < -0.3 is 0 Å². The first-order chi connectivity index (χ1) is 8.25. The molecule has 86 valence electrons. The molecule has 0 fully saturated rings. The number of carbonyl (C=O) groups is 1. The standard InChI is InChI=1S/C12H9BrN2OS/c13-10-3-1-9(2-4-10)11(16)7-17-12-5-6-14-8-15-12/h1-6,8H,7H2. The minimum absolute atomic E-state index is 0.0983. The molecule has 0 aliphatic rings. The summed E-state index contributed by atoms with van der Waals surface area (Å²) >= 11 is 4.75. The second-order valence-electron chi connectivity index (χ2n) is 3.27. The molecule has 0 radical (unpaired) electrons. The van der Waals surface area contributed by atoms with Crippen molar-refractivity contribution in [1.29, 1.82) is 0 Å². The number of hydrogen-bond donors (Lipinski definition) is 0. The summed E-state index contributed by atoms with van der Waals surface area (Å²) in [5, 5.41) is 0.811. The lowest BCUT2D eigenvalue weighted by molar-refractivity contribution is 0.102. The van der Waals surface area contributed by atoms with Gasteiger partial charge in [-0.25, -0.2) is 9.97 Å². The zero-order valence-corrected chi connectivity index (χ0v) is 11.2. The number of thioether (sulfide) groups is 1. The largest absolute Gasteiger partial charge is 0.293 e. The maximum Gasteiger partial charge on any atom is 0.173 e. The van der Waals surface area contributed by atoms with Crippen molar-refractivity contribution < 1.29 is 4.79 Å². The molecule has 2 rings (SSSR count). The fourth-order valence-corrected chi connectivity index (χ4v) is 2.21. The molecular formula is C12H9BrN2OS. The van der Waals surface area contributed by atoms with Gasteiger partial charge in [-0.15, -0.1) is 0 Å². The molecule has 0 aliphatic carbocycles. The molecule has 1 heterocycles. The van der Waals surface area contributed by atoms with E-state index in [0.29, 0.717) is 5.75 Å². The highest BCUT2D eigenvalue weighted by Gasteiger charge is 2.06. The van der Waals surface area contributed by atoms with Crippen molar-refractivity contribution in [2.24, 2.45) is 0 Å². The fraction of sp³-hybridized carbons (Fsp3) is 0.0833. The lowest BCUT2D eigenvalue weighted by Crippen LogP contribution is -2.02. The number of halogens is 1. The molecule has 0 spiro atoms. The number of aromatic nitrogens is 2. The highest BCUT2D eigenvalue weighted by molar-refractivity contribution is 9.10. The first-order valence-electron chi connectivity index (χ1n) is 4.93. The van der Waals surface area contributed by atoms with Gasteiger partial charge in [0.05, 0.1) is 10.8 Å². The van der Waals surface area contributed by atoms with E-state index in [-0.39, 0.29) is 5.78 Å². The monoisotopic (exact) mass is 308 g/mol. The van der Waals surface area contributed by atoms with Crippen LogP contribution in [0.5, 0.6) is 0 Å². The van der Waals surface area contributed by atoms with Crippen LogP contribution in [0, 0.1) is 0 Å². The molecule has 0 bridgehead atoms. The maximum atomic E-state index is 11.8. The van der Waals surface area contributed by atoms with E-state index in [1.54, 1.807) is 12.3 Å². The van der Waals surface area contributed by atoms with E-state index in [2.05, 4.69) is 25.9 Å². The van der Waals surface area contributed by atoms with Gasteiger partial charge in [-0.1, -0.05) is 39.8 Å². The van der Waals surface area contributed by atoms with Crippen LogP contribution in [0.15, 0.2) is 52.4 Å². The van der Waals surface area contributed by atoms with Crippen LogP contribution in [0.25, 0.3) is 0 Å². The van der Waals surface area contributed by atoms with E-state index in [1.165, 1.54) is 18.1 Å². The smallest absolute Gasteiger partial charge is 0.173 e. The number of benzene rings is 1. The van der Waals surface area contributed by atoms with E-state index in [0.717, 1.165) is 15.1 Å². The number of rotatable bonds is 4. The van der Waals surface area contributed by atoms with Gasteiger partial charge in [0.1, 0.15) is 6.33 Å². The van der Waals surface area contributed by atoms with Crippen molar-refractivity contribution in [3.05, 3.63) is 52.9 Å². The fourth-order valence-electron chi connectivity index (χ4n) is 1.22. The molecule has 0 N–H and O–H groups in total. The Hall–Kier alpha value is -1.20. The average molecular weight is 309 g/mol. The van der Waals surface area contributed by atoms with E-state index in [9.17, 15) is 4.79 Å². The minimum atomic E-state index is 0.0983. The van der Waals surface area contributed by atoms with Gasteiger partial charge in [0.25, 0.3) is 0 Å². The number of Topliss-reactive ketones (excluding diaryl/α,β-unsaturated/α-hetero) is 1. The van der Waals surface area contributed by atoms with Gasteiger partial charge in [0, 0.05) is 16.2 Å². The summed E-state index contributed by atoms with van der Waals surface area (Å²) in [5.41, 5.74) is 0.717. The van der Waals surface area contributed by atoms with Gasteiger partial charge in [-0.05, 0) is 18.2 Å². The Balaban J connectivity index is 1.96. The summed E-state index contributed by atoms with van der Waals surface area (Å²) in [6.45, 7) is 0. The van der Waals surface area contributed by atoms with Crippen molar-refractivity contribution in [2.45, 2.75) is 5.03 Å². The topological polar surface area (TPSA) is 42.9 Å². The van der Waals surface area contributed by atoms with Crippen LogP contribution in [0.2, 0.25) is 0 Å². The van der Waals surface area contributed by atoms with Gasteiger partial charge in [0.2, 0.25) is 0 Å². The molecular weight excluding hydrogens is 300 g/mol. The molecule has 17 heavy (non-hydrogen) atoms. The molecule has 0 atom stereocenters. The molecule has 1 aromatic heterocycles. The summed E-state index contributed by atoms with van der Waals surface area (Å²) < 4.78 is 0.970. The second kappa shape index (κ2) is 5.93. The van der Waals surface area contributed by atoms with E-state index in [4.69, 9.17) is 0 Å². The molecule has 0 unspecified atom stereocenters. The first kappa shape index (κ1) is 12.3. The molecule has 0 aliphatic heterocycles. The molecule has 3 nitrogen and oxygen atoms in total. The van der Waals surface area contributed by atoms with Crippen LogP contribution >= 0.6 is 27.7 Å². The number of carbonyl (C=O) groups excluding carboxylic acids is 1. The third kappa shape index (κ3) is 3.64. The molecule has 0 amide bonds. The molecule has 5 heteroatoms. The molecule has 0 saturated carbocycles. The van der Waals surface area contributed by atoms with E-state index < -0.39 is 0 Å². The number of nitrogens with zero attached hydrogens (tertiary/aromatic N) is 2. The van der Waals surface area contributed by atoms with Gasteiger partial charge in [-0.2, -0.15) is 0 Å². The lowest BCUT2D eigenvalue weighted by Gasteiger charge is -2.00. The van der Waals surface area contributed by atoms with Gasteiger partial charge in [0.15, 0.2) is 5.78 Å². The number of hydrogen-bond acceptors (Lipinski definition) is 4. The molecule has 2 aromatic rings. The van der Waals surface area contributed by atoms with Gasteiger partial charge in [-0.3, -0.25) is 4.79 Å². The summed E-state index contributed by atoms with van der Waals surface area (Å²) in [4.78, 5) is 19.7. The predicted octanol–water partition coefficient (Wildman–Crippen LogP) is 3.21. The SMILES string of the molecule is O=C(CSc1ccncn1)c1ccc(Br)cc1. The predicted molar refractivity (Wildman–Crippen MR) is 71.2 cm³/mol. The highest BCUT2D eigenvalue weighted by Crippen LogP contribution is 2.17. The van der Waals surface area contributed by atoms with Crippen LogP contribution in [0.3, 0.4) is 0 Å². The third-order valence-electron chi connectivity index (χ3n) is 2.07. The second-order valence-corrected chi connectivity index (χ2v) is 5.18. The molecule has 1 aromatic carbocycles. The third-order valence-corrected chi connectivity index (χ3v) is 3.54. The minimum Gasteiger partial charge on any atom is -0.293 e. The summed E-state index contributed by atoms with van der Waals surface area (Å²) in [6, 6.07) is 9.14. The van der Waals surface area contributed by atoms with Crippen molar-refractivity contribution in [3.8, 4) is 0 Å². The van der Waals surface area contributed by atoms with Crippen LogP contribution < -0.4 is 0 Å². The Morgan fingerprint density at radius 1 is 1.24 bits per heavy atom. The Kier molecular flexibility index (Phi) is 4.28. The molecule has 0 saturated heterocycles. The Morgan fingerprint density at radius 3 is 2.65 bits per heavy atom. The van der Waals surface area contributed by atoms with E-state index in [1.807, 2.05) is 24.3 Å². The summed E-state index contributed by atoms with van der Waals surface area (Å²) in [7, 11) is 0. The van der Waals surface area contributed by atoms with E-state index >= 15 is 0 Å². The normalized spacial score (nSPS) is 10.2. The lowest BCUT2D eigenvalue weighted by atomic mass is 10.2. The van der Waals surface area contributed by atoms with Crippen molar-refractivity contribution >= 4 is 33.5 Å². The van der Waals surface area contributed by atoms with Crippen molar-refractivity contribution in [1.82, 2.24) is 9.97 Å². The van der Waals surface area contributed by atoms with Crippen molar-refractivity contribution in [3.63, 3.8) is 0 Å². The zero-order valence-electron chi connectivity index (χ0n) is 8.84. The Labute approximate surface area is 112 Å². The summed E-state index contributed by atoms with van der Waals surface area (Å²) in [6.07, 6.45) is 3.14. The number of ketones is 1. The average Bonchev–Trinajstić information content (AvgIpc) is 2.38. The quantitative estimate of drug-likeness (QED) is 0.494. The zero-order chi connectivity index (χ0) is 12.1. The van der Waals surface area contributed by atoms with Gasteiger partial charge >= 0.3 is 0 Å². The first-order valence-corrected chi connectivity index (χ1v) is 6.71.